The first kappa shape index (κ1) is 14.4. The van der Waals surface area contributed by atoms with E-state index in [9.17, 15) is 17.9 Å². The van der Waals surface area contributed by atoms with Crippen LogP contribution in [-0.2, 0) is 10.0 Å². The van der Waals surface area contributed by atoms with Gasteiger partial charge in [-0.1, -0.05) is 13.0 Å². The highest BCUT2D eigenvalue weighted by molar-refractivity contribution is 7.89. The van der Waals surface area contributed by atoms with Gasteiger partial charge in [0.2, 0.25) is 10.0 Å². The zero-order valence-corrected chi connectivity index (χ0v) is 12.0. The molecule has 0 bridgehead atoms. The lowest BCUT2D eigenvalue weighted by molar-refractivity contribution is 0.0404. The molecule has 1 fully saturated rings. The fourth-order valence-electron chi connectivity index (χ4n) is 2.15. The predicted octanol–water partition coefficient (Wildman–Crippen LogP) is 1.53. The molecule has 2 atom stereocenters. The van der Waals surface area contributed by atoms with Crippen LogP contribution < -0.4 is 0 Å². The molecule has 1 heterocycles. The largest absolute Gasteiger partial charge is 0.388 e. The molecule has 0 saturated carbocycles. The van der Waals surface area contributed by atoms with Gasteiger partial charge in [0.1, 0.15) is 5.82 Å². The summed E-state index contributed by atoms with van der Waals surface area (Å²) in [5.41, 5.74) is -0.642. The van der Waals surface area contributed by atoms with E-state index in [1.807, 2.05) is 0 Å². The normalized spacial score (nSPS) is 28.8. The van der Waals surface area contributed by atoms with Gasteiger partial charge in [0.05, 0.1) is 10.5 Å². The van der Waals surface area contributed by atoms with Crippen LogP contribution in [0.15, 0.2) is 23.1 Å². The van der Waals surface area contributed by atoms with E-state index in [0.29, 0.717) is 5.56 Å². The Hall–Kier alpha value is -0.980. The van der Waals surface area contributed by atoms with Gasteiger partial charge in [-0.15, -0.1) is 0 Å². The van der Waals surface area contributed by atoms with Crippen molar-refractivity contribution in [2.75, 3.05) is 13.1 Å². The lowest BCUT2D eigenvalue weighted by Gasteiger charge is -2.20. The number of aliphatic hydroxyl groups is 1. The van der Waals surface area contributed by atoms with Crippen molar-refractivity contribution in [1.29, 1.82) is 0 Å². The van der Waals surface area contributed by atoms with Crippen LogP contribution >= 0.6 is 0 Å². The van der Waals surface area contributed by atoms with Crippen LogP contribution in [0.25, 0.3) is 0 Å². The number of benzene rings is 1. The summed E-state index contributed by atoms with van der Waals surface area (Å²) in [6.07, 6.45) is 0. The number of β-amino-alcohol motifs (C(OH)–C–C–N with tert-alkyl or cyclic N) is 1. The van der Waals surface area contributed by atoms with Crippen LogP contribution in [0, 0.1) is 18.7 Å². The molecule has 19 heavy (non-hydrogen) atoms. The molecule has 0 amide bonds. The van der Waals surface area contributed by atoms with E-state index in [1.54, 1.807) is 20.8 Å². The molecule has 0 aliphatic carbocycles. The van der Waals surface area contributed by atoms with Gasteiger partial charge in [-0.05, 0) is 37.5 Å². The summed E-state index contributed by atoms with van der Waals surface area (Å²) in [6, 6.07) is 3.87. The summed E-state index contributed by atoms with van der Waals surface area (Å²) in [5.74, 6) is -0.697. The average Bonchev–Trinajstić information content (AvgIpc) is 2.58. The second-order valence-corrected chi connectivity index (χ2v) is 7.40. The topological polar surface area (TPSA) is 57.6 Å². The molecule has 1 aromatic rings. The maximum atomic E-state index is 13.5. The summed E-state index contributed by atoms with van der Waals surface area (Å²) < 4.78 is 39.5. The Labute approximate surface area is 112 Å². The Morgan fingerprint density at radius 1 is 1.47 bits per heavy atom. The first-order valence-corrected chi connectivity index (χ1v) is 7.57. The zero-order valence-electron chi connectivity index (χ0n) is 11.2. The molecule has 1 aliphatic rings. The smallest absolute Gasteiger partial charge is 0.243 e. The predicted molar refractivity (Wildman–Crippen MR) is 69.7 cm³/mol. The first-order chi connectivity index (χ1) is 8.64. The molecule has 1 aliphatic heterocycles. The molecule has 2 rings (SSSR count). The Morgan fingerprint density at radius 2 is 2.11 bits per heavy atom. The second-order valence-electron chi connectivity index (χ2n) is 5.47. The number of sulfonamides is 1. The van der Waals surface area contributed by atoms with Gasteiger partial charge in [0.25, 0.3) is 0 Å². The van der Waals surface area contributed by atoms with E-state index in [2.05, 4.69) is 0 Å². The quantitative estimate of drug-likeness (QED) is 0.897. The van der Waals surface area contributed by atoms with Gasteiger partial charge in [-0.3, -0.25) is 0 Å². The maximum absolute atomic E-state index is 13.5. The number of hydrogen-bond acceptors (Lipinski definition) is 3. The van der Waals surface area contributed by atoms with Gasteiger partial charge < -0.3 is 5.11 Å². The lowest BCUT2D eigenvalue weighted by atomic mass is 9.95. The first-order valence-electron chi connectivity index (χ1n) is 6.13. The molecule has 4 nitrogen and oxygen atoms in total. The molecular formula is C13H18FNO3S. The molecule has 0 spiro atoms. The van der Waals surface area contributed by atoms with Crippen molar-refractivity contribution in [1.82, 2.24) is 4.31 Å². The molecule has 1 saturated heterocycles. The molecule has 1 aromatic carbocycles. The highest BCUT2D eigenvalue weighted by Gasteiger charge is 2.43. The van der Waals surface area contributed by atoms with Gasteiger partial charge in [0, 0.05) is 13.1 Å². The van der Waals surface area contributed by atoms with E-state index < -0.39 is 21.4 Å². The monoisotopic (exact) mass is 287 g/mol. The molecule has 6 heteroatoms. The van der Waals surface area contributed by atoms with Gasteiger partial charge in [-0.2, -0.15) is 4.31 Å². The highest BCUT2D eigenvalue weighted by Crippen LogP contribution is 2.31. The summed E-state index contributed by atoms with van der Waals surface area (Å²) in [7, 11) is -3.75. The van der Waals surface area contributed by atoms with Crippen molar-refractivity contribution >= 4 is 10.0 Å². The Bertz CT molecular complexity index is 598. The molecule has 106 valence electrons. The standard InChI is InChI=1S/C13H18FNO3S/c1-9-4-5-11(6-12(9)14)19(17,18)15-7-10(2)13(3,16)8-15/h4-6,10,16H,7-8H2,1-3H3/t10-,13+/m1/s1. The number of aryl methyl sites for hydroxylation is 1. The number of rotatable bonds is 2. The van der Waals surface area contributed by atoms with Crippen molar-refractivity contribution in [3.63, 3.8) is 0 Å². The average molecular weight is 287 g/mol. The summed E-state index contributed by atoms with van der Waals surface area (Å²) in [6.45, 7) is 5.26. The fourth-order valence-corrected chi connectivity index (χ4v) is 3.79. The number of halogens is 1. The maximum Gasteiger partial charge on any atom is 0.243 e. The van der Waals surface area contributed by atoms with Gasteiger partial charge in [-0.25, -0.2) is 12.8 Å². The van der Waals surface area contributed by atoms with E-state index in [4.69, 9.17) is 0 Å². The molecule has 0 radical (unpaired) electrons. The second kappa shape index (κ2) is 4.54. The third-order valence-electron chi connectivity index (χ3n) is 3.82. The minimum absolute atomic E-state index is 0.0337. The minimum Gasteiger partial charge on any atom is -0.388 e. The molecule has 1 N–H and O–H groups in total. The van der Waals surface area contributed by atoms with Gasteiger partial charge >= 0.3 is 0 Å². The Balaban J connectivity index is 2.36. The lowest BCUT2D eigenvalue weighted by Crippen LogP contribution is -2.35. The van der Waals surface area contributed by atoms with Crippen molar-refractivity contribution in [3.8, 4) is 0 Å². The molecule has 0 unspecified atom stereocenters. The summed E-state index contributed by atoms with van der Waals surface area (Å²) in [5, 5.41) is 10.1. The van der Waals surface area contributed by atoms with Gasteiger partial charge in [0.15, 0.2) is 0 Å². The summed E-state index contributed by atoms with van der Waals surface area (Å²) >= 11 is 0. The van der Waals surface area contributed by atoms with E-state index >= 15 is 0 Å². The highest BCUT2D eigenvalue weighted by atomic mass is 32.2. The third kappa shape index (κ3) is 2.52. The van der Waals surface area contributed by atoms with E-state index in [1.165, 1.54) is 16.4 Å². The SMILES string of the molecule is Cc1ccc(S(=O)(=O)N2C[C@@H](C)[C@@](C)(O)C2)cc1F. The Kier molecular flexibility index (Phi) is 3.45. The van der Waals surface area contributed by atoms with Crippen LogP contribution in [-0.4, -0.2) is 36.5 Å². The number of nitrogens with zero attached hydrogens (tertiary/aromatic N) is 1. The van der Waals surface area contributed by atoms with Crippen LogP contribution in [0.2, 0.25) is 0 Å². The molecular weight excluding hydrogens is 269 g/mol. The van der Waals surface area contributed by atoms with Crippen molar-refractivity contribution < 1.29 is 17.9 Å². The van der Waals surface area contributed by atoms with Crippen LogP contribution in [0.1, 0.15) is 19.4 Å². The molecule has 0 aromatic heterocycles. The van der Waals surface area contributed by atoms with E-state index in [-0.39, 0.29) is 23.9 Å². The van der Waals surface area contributed by atoms with Crippen LogP contribution in [0.4, 0.5) is 4.39 Å². The summed E-state index contributed by atoms with van der Waals surface area (Å²) in [4.78, 5) is -0.0690. The number of hydrogen-bond donors (Lipinski definition) is 1. The fraction of sp³-hybridized carbons (Fsp3) is 0.538. The Morgan fingerprint density at radius 3 is 2.58 bits per heavy atom. The zero-order chi connectivity index (χ0) is 14.4. The minimum atomic E-state index is -3.75. The van der Waals surface area contributed by atoms with Crippen LogP contribution in [0.5, 0.6) is 0 Å². The van der Waals surface area contributed by atoms with E-state index in [0.717, 1.165) is 6.07 Å². The van der Waals surface area contributed by atoms with Crippen molar-refractivity contribution in [3.05, 3.63) is 29.6 Å². The van der Waals surface area contributed by atoms with Crippen molar-refractivity contribution in [2.45, 2.75) is 31.3 Å². The third-order valence-corrected chi connectivity index (χ3v) is 5.62. The van der Waals surface area contributed by atoms with Crippen LogP contribution in [0.3, 0.4) is 0 Å². The van der Waals surface area contributed by atoms with Crippen molar-refractivity contribution in [2.24, 2.45) is 5.92 Å².